The van der Waals surface area contributed by atoms with Crippen LogP contribution >= 0.6 is 0 Å². The molecule has 0 aliphatic carbocycles. The van der Waals surface area contributed by atoms with Gasteiger partial charge in [0, 0.05) is 32.2 Å². The van der Waals surface area contributed by atoms with Gasteiger partial charge in [-0.05, 0) is 49.0 Å². The highest BCUT2D eigenvalue weighted by atomic mass is 19.4. The first kappa shape index (κ1) is 17.5. The van der Waals surface area contributed by atoms with Crippen molar-refractivity contribution < 1.29 is 23.0 Å². The van der Waals surface area contributed by atoms with Crippen LogP contribution in [0.2, 0.25) is 0 Å². The second kappa shape index (κ2) is 6.90. The predicted octanol–water partition coefficient (Wildman–Crippen LogP) is 2.38. The minimum absolute atomic E-state index is 0.166. The van der Waals surface area contributed by atoms with E-state index in [4.69, 9.17) is 0 Å². The lowest BCUT2D eigenvalue weighted by molar-refractivity contribution is -0.274. The van der Waals surface area contributed by atoms with Crippen molar-refractivity contribution in [3.63, 3.8) is 0 Å². The third kappa shape index (κ3) is 4.02. The minimum atomic E-state index is -4.66. The summed E-state index contributed by atoms with van der Waals surface area (Å²) < 4.78 is 40.5. The second-order valence-corrected chi connectivity index (χ2v) is 6.85. The third-order valence-corrected chi connectivity index (χ3v) is 5.27. The fourth-order valence-corrected chi connectivity index (χ4v) is 4.06. The summed E-state index contributed by atoms with van der Waals surface area (Å²) in [7, 11) is 0. The summed E-state index contributed by atoms with van der Waals surface area (Å²) in [6, 6.07) is 6.04. The van der Waals surface area contributed by atoms with Crippen LogP contribution in [0.25, 0.3) is 0 Å². The Balaban J connectivity index is 1.62. The normalized spacial score (nSPS) is 24.4. The fourth-order valence-electron chi connectivity index (χ4n) is 4.06. The van der Waals surface area contributed by atoms with Crippen molar-refractivity contribution in [2.75, 3.05) is 32.8 Å². The van der Waals surface area contributed by atoms with Gasteiger partial charge in [-0.1, -0.05) is 12.1 Å². The van der Waals surface area contributed by atoms with Gasteiger partial charge in [0.2, 0.25) is 0 Å². The van der Waals surface area contributed by atoms with E-state index in [9.17, 15) is 18.3 Å². The molecule has 1 spiro atoms. The largest absolute Gasteiger partial charge is 0.573 e. The van der Waals surface area contributed by atoms with Crippen molar-refractivity contribution in [1.82, 2.24) is 10.2 Å². The summed E-state index contributed by atoms with van der Waals surface area (Å²) >= 11 is 0. The van der Waals surface area contributed by atoms with Crippen LogP contribution in [0.1, 0.15) is 18.4 Å². The van der Waals surface area contributed by atoms with E-state index >= 15 is 0 Å². The van der Waals surface area contributed by atoms with Crippen LogP contribution in [0.15, 0.2) is 24.3 Å². The van der Waals surface area contributed by atoms with E-state index in [2.05, 4.69) is 15.0 Å². The lowest BCUT2D eigenvalue weighted by atomic mass is 9.71. The number of hydrogen-bond acceptors (Lipinski definition) is 4. The highest BCUT2D eigenvalue weighted by Crippen LogP contribution is 2.43. The summed E-state index contributed by atoms with van der Waals surface area (Å²) in [6.07, 6.45) is -2.54. The molecule has 2 aliphatic rings. The Bertz CT molecular complexity index is 542. The summed E-state index contributed by atoms with van der Waals surface area (Å²) in [4.78, 5) is 2.30. The predicted molar refractivity (Wildman–Crippen MR) is 83.5 cm³/mol. The van der Waals surface area contributed by atoms with Gasteiger partial charge >= 0.3 is 6.36 Å². The number of rotatable bonds is 4. The maximum absolute atomic E-state index is 12.2. The van der Waals surface area contributed by atoms with Crippen molar-refractivity contribution in [3.8, 4) is 5.75 Å². The molecule has 7 heteroatoms. The average molecular weight is 344 g/mol. The van der Waals surface area contributed by atoms with Crippen molar-refractivity contribution in [2.24, 2.45) is 11.3 Å². The van der Waals surface area contributed by atoms with E-state index in [0.717, 1.165) is 44.6 Å². The van der Waals surface area contributed by atoms with Crippen LogP contribution in [0.5, 0.6) is 5.75 Å². The van der Waals surface area contributed by atoms with Gasteiger partial charge < -0.3 is 15.2 Å². The van der Waals surface area contributed by atoms with Crippen LogP contribution < -0.4 is 10.1 Å². The third-order valence-electron chi connectivity index (χ3n) is 5.27. The Kier molecular flexibility index (Phi) is 5.03. The van der Waals surface area contributed by atoms with E-state index < -0.39 is 6.36 Å². The maximum atomic E-state index is 12.2. The van der Waals surface area contributed by atoms with Crippen molar-refractivity contribution >= 4 is 0 Å². The first-order chi connectivity index (χ1) is 11.4. The summed E-state index contributed by atoms with van der Waals surface area (Å²) in [5.74, 6) is 0.0724. The maximum Gasteiger partial charge on any atom is 0.573 e. The van der Waals surface area contributed by atoms with Gasteiger partial charge in [0.1, 0.15) is 5.75 Å². The van der Waals surface area contributed by atoms with Gasteiger partial charge in [-0.3, -0.25) is 4.90 Å². The molecule has 134 valence electrons. The van der Waals surface area contributed by atoms with Gasteiger partial charge in [0.05, 0.1) is 0 Å². The molecule has 0 aromatic heterocycles. The fraction of sp³-hybridized carbons (Fsp3) is 0.647. The molecule has 2 fully saturated rings. The van der Waals surface area contributed by atoms with Crippen molar-refractivity contribution in [3.05, 3.63) is 29.8 Å². The van der Waals surface area contributed by atoms with E-state index in [1.165, 1.54) is 12.1 Å². The van der Waals surface area contributed by atoms with E-state index in [0.29, 0.717) is 6.54 Å². The zero-order valence-electron chi connectivity index (χ0n) is 13.5. The van der Waals surface area contributed by atoms with Crippen LogP contribution in [0, 0.1) is 11.3 Å². The van der Waals surface area contributed by atoms with Gasteiger partial charge in [0.15, 0.2) is 0 Å². The molecular weight excluding hydrogens is 321 g/mol. The average Bonchev–Trinajstić information content (AvgIpc) is 2.85. The molecule has 3 rings (SSSR count). The topological polar surface area (TPSA) is 44.7 Å². The molecule has 2 heterocycles. The van der Waals surface area contributed by atoms with Gasteiger partial charge in [-0.2, -0.15) is 0 Å². The summed E-state index contributed by atoms with van der Waals surface area (Å²) in [6.45, 7) is 4.59. The zero-order chi connectivity index (χ0) is 17.2. The first-order valence-electron chi connectivity index (χ1n) is 8.29. The molecule has 2 saturated heterocycles. The first-order valence-corrected chi connectivity index (χ1v) is 8.29. The number of nitrogens with one attached hydrogen (secondary N) is 1. The molecule has 1 aromatic rings. The van der Waals surface area contributed by atoms with Crippen LogP contribution in [0.4, 0.5) is 13.2 Å². The molecule has 0 bridgehead atoms. The van der Waals surface area contributed by atoms with E-state index in [1.54, 1.807) is 12.1 Å². The van der Waals surface area contributed by atoms with E-state index in [-0.39, 0.29) is 23.7 Å². The summed E-state index contributed by atoms with van der Waals surface area (Å²) in [5.41, 5.74) is 1.12. The number of aliphatic hydroxyl groups excluding tert-OH is 1. The van der Waals surface area contributed by atoms with Crippen LogP contribution in [-0.2, 0) is 6.54 Å². The zero-order valence-corrected chi connectivity index (χ0v) is 13.5. The smallest absolute Gasteiger partial charge is 0.406 e. The molecule has 0 amide bonds. The molecule has 0 radical (unpaired) electrons. The standard InChI is InChI=1S/C17H23F3N2O2/c18-17(19,20)24-15-3-1-13(2-4-15)9-22-10-14(11-23)16(12-22)5-7-21-8-6-16/h1-4,14,21,23H,5-12H2. The van der Waals surface area contributed by atoms with Crippen LogP contribution in [0.3, 0.4) is 0 Å². The number of ether oxygens (including phenoxy) is 1. The quantitative estimate of drug-likeness (QED) is 0.880. The Morgan fingerprint density at radius 1 is 1.21 bits per heavy atom. The molecule has 1 aromatic carbocycles. The molecule has 2 aliphatic heterocycles. The lowest BCUT2D eigenvalue weighted by Gasteiger charge is -2.38. The second-order valence-electron chi connectivity index (χ2n) is 6.85. The number of nitrogens with zero attached hydrogens (tertiary/aromatic N) is 1. The van der Waals surface area contributed by atoms with Gasteiger partial charge in [0.25, 0.3) is 0 Å². The number of likely N-dealkylation sites (tertiary alicyclic amines) is 1. The SMILES string of the molecule is OCC1CN(Cc2ccc(OC(F)(F)F)cc2)CC12CCNCC2. The molecule has 2 N–H and O–H groups in total. The number of alkyl halides is 3. The number of aliphatic hydroxyl groups is 1. The van der Waals surface area contributed by atoms with Gasteiger partial charge in [-0.25, -0.2) is 0 Å². The molecule has 4 nitrogen and oxygen atoms in total. The van der Waals surface area contributed by atoms with Crippen LogP contribution in [-0.4, -0.2) is 49.2 Å². The Labute approximate surface area is 139 Å². The Hall–Kier alpha value is -1.31. The van der Waals surface area contributed by atoms with E-state index in [1.807, 2.05) is 0 Å². The van der Waals surface area contributed by atoms with Crippen molar-refractivity contribution in [2.45, 2.75) is 25.7 Å². The minimum Gasteiger partial charge on any atom is -0.406 e. The summed E-state index contributed by atoms with van der Waals surface area (Å²) in [5, 5.41) is 13.1. The lowest BCUT2D eigenvalue weighted by Crippen LogP contribution is -2.42. The number of piperidine rings is 1. The Morgan fingerprint density at radius 3 is 2.46 bits per heavy atom. The highest BCUT2D eigenvalue weighted by Gasteiger charge is 2.46. The molecule has 24 heavy (non-hydrogen) atoms. The molecular formula is C17H23F3N2O2. The monoisotopic (exact) mass is 344 g/mol. The number of hydrogen-bond donors (Lipinski definition) is 2. The molecule has 0 saturated carbocycles. The molecule has 1 unspecified atom stereocenters. The Morgan fingerprint density at radius 2 is 1.88 bits per heavy atom. The highest BCUT2D eigenvalue weighted by molar-refractivity contribution is 5.27. The molecule has 1 atom stereocenters. The number of halogens is 3. The van der Waals surface area contributed by atoms with Gasteiger partial charge in [-0.15, -0.1) is 13.2 Å². The number of benzene rings is 1. The van der Waals surface area contributed by atoms with Crippen molar-refractivity contribution in [1.29, 1.82) is 0 Å².